The molecule has 0 saturated carbocycles. The molecule has 0 saturated heterocycles. The van der Waals surface area contributed by atoms with Crippen molar-refractivity contribution in [2.45, 2.75) is 0 Å². The maximum Gasteiger partial charge on any atom is 0.378 e. The summed E-state index contributed by atoms with van der Waals surface area (Å²) in [6, 6.07) is 0. The highest BCUT2D eigenvalue weighted by atomic mass is 32.1. The van der Waals surface area contributed by atoms with Gasteiger partial charge >= 0.3 is 5.97 Å². The Hall–Kier alpha value is -1.43. The van der Waals surface area contributed by atoms with E-state index < -0.39 is 11.8 Å². The number of carboxylic acid groups (broad SMARTS) is 1. The highest BCUT2D eigenvalue weighted by molar-refractivity contribution is 7.14. The molecule has 1 aromatic rings. The zero-order valence-electron chi connectivity index (χ0n) is 6.20. The SMILES string of the molecule is CNc1nc(C(=O)C(=O)O)cs1. The van der Waals surface area contributed by atoms with Gasteiger partial charge in [0.05, 0.1) is 0 Å². The Morgan fingerprint density at radius 2 is 2.33 bits per heavy atom. The van der Waals surface area contributed by atoms with Crippen molar-refractivity contribution in [3.63, 3.8) is 0 Å². The van der Waals surface area contributed by atoms with E-state index in [2.05, 4.69) is 10.3 Å². The topological polar surface area (TPSA) is 79.3 Å². The molecule has 2 N–H and O–H groups in total. The number of nitrogens with zero attached hydrogens (tertiary/aromatic N) is 1. The molecular formula is C6H6N2O3S. The van der Waals surface area contributed by atoms with Crippen LogP contribution in [-0.4, -0.2) is 28.9 Å². The second-order valence-corrected chi connectivity index (χ2v) is 2.78. The van der Waals surface area contributed by atoms with Crippen molar-refractivity contribution in [2.24, 2.45) is 0 Å². The van der Waals surface area contributed by atoms with Crippen LogP contribution in [0.4, 0.5) is 5.13 Å². The molecule has 0 aliphatic carbocycles. The van der Waals surface area contributed by atoms with E-state index >= 15 is 0 Å². The van der Waals surface area contributed by atoms with Crippen LogP contribution in [0.3, 0.4) is 0 Å². The summed E-state index contributed by atoms with van der Waals surface area (Å²) in [5.41, 5.74) is -0.0307. The van der Waals surface area contributed by atoms with E-state index in [1.807, 2.05) is 0 Å². The van der Waals surface area contributed by atoms with Crippen LogP contribution >= 0.6 is 11.3 Å². The van der Waals surface area contributed by atoms with Crippen LogP contribution in [-0.2, 0) is 4.79 Å². The van der Waals surface area contributed by atoms with Gasteiger partial charge in [0.15, 0.2) is 5.13 Å². The van der Waals surface area contributed by atoms with E-state index in [4.69, 9.17) is 5.11 Å². The van der Waals surface area contributed by atoms with Crippen LogP contribution in [0.1, 0.15) is 10.5 Å². The van der Waals surface area contributed by atoms with Gasteiger partial charge in [-0.15, -0.1) is 11.3 Å². The molecule has 0 spiro atoms. The van der Waals surface area contributed by atoms with E-state index in [0.29, 0.717) is 5.13 Å². The number of hydrogen-bond acceptors (Lipinski definition) is 5. The third-order valence-corrected chi connectivity index (χ3v) is 2.00. The third-order valence-electron chi connectivity index (χ3n) is 1.14. The predicted octanol–water partition coefficient (Wildman–Crippen LogP) is 0.452. The number of anilines is 1. The van der Waals surface area contributed by atoms with Crippen molar-refractivity contribution in [1.82, 2.24) is 4.98 Å². The Labute approximate surface area is 72.1 Å². The summed E-state index contributed by atoms with van der Waals surface area (Å²) in [5.74, 6) is -2.46. The molecule has 6 heteroatoms. The standard InChI is InChI=1S/C6H6N2O3S/c1-7-6-8-3(2-12-6)4(9)5(10)11/h2H,1H3,(H,7,8)(H,10,11). The van der Waals surface area contributed by atoms with Gasteiger partial charge in [0, 0.05) is 12.4 Å². The summed E-state index contributed by atoms with van der Waals surface area (Å²) >= 11 is 1.19. The molecule has 0 radical (unpaired) electrons. The van der Waals surface area contributed by atoms with E-state index in [9.17, 15) is 9.59 Å². The Kier molecular flexibility index (Phi) is 2.39. The van der Waals surface area contributed by atoms with Crippen LogP contribution in [0.2, 0.25) is 0 Å². The lowest BCUT2D eigenvalue weighted by Gasteiger charge is -1.88. The van der Waals surface area contributed by atoms with Gasteiger partial charge in [-0.25, -0.2) is 9.78 Å². The first kappa shape index (κ1) is 8.66. The number of carboxylic acids is 1. The third kappa shape index (κ3) is 1.59. The van der Waals surface area contributed by atoms with Crippen molar-refractivity contribution in [3.05, 3.63) is 11.1 Å². The second kappa shape index (κ2) is 3.31. The minimum absolute atomic E-state index is 0.0307. The number of carbonyl (C=O) groups is 2. The lowest BCUT2D eigenvalue weighted by molar-refractivity contribution is -0.131. The average molecular weight is 186 g/mol. The zero-order valence-corrected chi connectivity index (χ0v) is 7.01. The molecule has 0 atom stereocenters. The lowest BCUT2D eigenvalue weighted by atomic mass is 10.3. The molecule has 0 bridgehead atoms. The number of rotatable bonds is 3. The molecule has 5 nitrogen and oxygen atoms in total. The summed E-state index contributed by atoms with van der Waals surface area (Å²) in [7, 11) is 1.65. The van der Waals surface area contributed by atoms with E-state index in [1.165, 1.54) is 16.7 Å². The summed E-state index contributed by atoms with van der Waals surface area (Å²) in [4.78, 5) is 24.7. The van der Waals surface area contributed by atoms with Crippen LogP contribution in [0, 0.1) is 0 Å². The largest absolute Gasteiger partial charge is 0.475 e. The van der Waals surface area contributed by atoms with Gasteiger partial charge in [0.25, 0.3) is 5.78 Å². The number of carbonyl (C=O) groups excluding carboxylic acids is 1. The van der Waals surface area contributed by atoms with Crippen molar-refractivity contribution in [2.75, 3.05) is 12.4 Å². The fourth-order valence-corrected chi connectivity index (χ4v) is 1.25. The number of ketones is 1. The maximum atomic E-state index is 10.8. The molecule has 1 heterocycles. The van der Waals surface area contributed by atoms with Gasteiger partial charge in [-0.05, 0) is 0 Å². The van der Waals surface area contributed by atoms with E-state index in [1.54, 1.807) is 7.05 Å². The molecule has 0 unspecified atom stereocenters. The van der Waals surface area contributed by atoms with Crippen LogP contribution < -0.4 is 5.32 Å². The number of thiazole rings is 1. The summed E-state index contributed by atoms with van der Waals surface area (Å²) in [6.45, 7) is 0. The van der Waals surface area contributed by atoms with E-state index in [0.717, 1.165) is 0 Å². The number of aromatic nitrogens is 1. The van der Waals surface area contributed by atoms with Crippen molar-refractivity contribution >= 4 is 28.2 Å². The monoisotopic (exact) mass is 186 g/mol. The number of aliphatic carboxylic acids is 1. The van der Waals surface area contributed by atoms with Gasteiger partial charge in [-0.3, -0.25) is 4.79 Å². The highest BCUT2D eigenvalue weighted by Gasteiger charge is 2.17. The van der Waals surface area contributed by atoms with Crippen LogP contribution in [0.5, 0.6) is 0 Å². The second-order valence-electron chi connectivity index (χ2n) is 1.92. The molecule has 12 heavy (non-hydrogen) atoms. The average Bonchev–Trinajstić information content (AvgIpc) is 2.50. The first-order valence-electron chi connectivity index (χ1n) is 3.06. The molecule has 1 aromatic heterocycles. The van der Waals surface area contributed by atoms with Crippen molar-refractivity contribution in [1.29, 1.82) is 0 Å². The lowest BCUT2D eigenvalue weighted by Crippen LogP contribution is -2.12. The Morgan fingerprint density at radius 1 is 1.67 bits per heavy atom. The van der Waals surface area contributed by atoms with Gasteiger partial charge < -0.3 is 10.4 Å². The number of nitrogens with one attached hydrogen (secondary N) is 1. The summed E-state index contributed by atoms with van der Waals surface area (Å²) < 4.78 is 0. The van der Waals surface area contributed by atoms with Gasteiger partial charge in [-0.1, -0.05) is 0 Å². The predicted molar refractivity (Wildman–Crippen MR) is 43.6 cm³/mol. The Bertz CT molecular complexity index is 320. The first-order chi connectivity index (χ1) is 5.65. The normalized spacial score (nSPS) is 9.42. The minimum Gasteiger partial charge on any atom is -0.475 e. The van der Waals surface area contributed by atoms with Crippen LogP contribution in [0.25, 0.3) is 0 Å². The molecule has 0 amide bonds. The number of Topliss-reactive ketones (excluding diaryl/α,β-unsaturated/α-hetero) is 1. The Balaban J connectivity index is 2.89. The maximum absolute atomic E-state index is 10.8. The van der Waals surface area contributed by atoms with Crippen LogP contribution in [0.15, 0.2) is 5.38 Å². The fraction of sp³-hybridized carbons (Fsp3) is 0.167. The van der Waals surface area contributed by atoms with Gasteiger partial charge in [0.1, 0.15) is 5.69 Å². The number of hydrogen-bond donors (Lipinski definition) is 2. The molecule has 64 valence electrons. The molecule has 1 rings (SSSR count). The molecule has 0 aliphatic rings. The first-order valence-corrected chi connectivity index (χ1v) is 3.94. The molecule has 0 fully saturated rings. The van der Waals surface area contributed by atoms with Crippen molar-refractivity contribution < 1.29 is 14.7 Å². The quantitative estimate of drug-likeness (QED) is 0.529. The molecular weight excluding hydrogens is 180 g/mol. The fourth-order valence-electron chi connectivity index (χ4n) is 0.602. The smallest absolute Gasteiger partial charge is 0.378 e. The molecule has 0 aliphatic heterocycles. The Morgan fingerprint density at radius 3 is 2.75 bits per heavy atom. The minimum atomic E-state index is -1.48. The summed E-state index contributed by atoms with van der Waals surface area (Å²) in [5, 5.41) is 12.9. The highest BCUT2D eigenvalue weighted by Crippen LogP contribution is 2.14. The van der Waals surface area contributed by atoms with E-state index in [-0.39, 0.29) is 5.69 Å². The zero-order chi connectivity index (χ0) is 9.14. The molecule has 0 aromatic carbocycles. The summed E-state index contributed by atoms with van der Waals surface area (Å²) in [6.07, 6.45) is 0. The van der Waals surface area contributed by atoms with Gasteiger partial charge in [-0.2, -0.15) is 0 Å². The van der Waals surface area contributed by atoms with Gasteiger partial charge in [0.2, 0.25) is 0 Å². The van der Waals surface area contributed by atoms with Crippen molar-refractivity contribution in [3.8, 4) is 0 Å².